The zero-order chi connectivity index (χ0) is 7.78. The van der Waals surface area contributed by atoms with Crippen molar-refractivity contribution < 1.29 is 0 Å². The normalized spacial score (nSPS) is 39.6. The lowest BCUT2D eigenvalue weighted by molar-refractivity contribution is 0.195. The molecule has 1 saturated carbocycles. The van der Waals surface area contributed by atoms with E-state index in [9.17, 15) is 0 Å². The van der Waals surface area contributed by atoms with Crippen molar-refractivity contribution in [2.24, 2.45) is 11.3 Å². The molecule has 0 radical (unpaired) electrons. The zero-order valence-electron chi connectivity index (χ0n) is 7.15. The molecule has 1 rings (SSSR count). The number of hydrogen-bond donors (Lipinski definition) is 0. The van der Waals surface area contributed by atoms with Gasteiger partial charge in [0.1, 0.15) is 0 Å². The van der Waals surface area contributed by atoms with Gasteiger partial charge in [0, 0.05) is 5.38 Å². The van der Waals surface area contributed by atoms with Gasteiger partial charge in [0.05, 0.1) is 0 Å². The molecule has 1 aliphatic carbocycles. The molecule has 0 aromatic rings. The van der Waals surface area contributed by atoms with Crippen LogP contribution in [0.4, 0.5) is 0 Å². The van der Waals surface area contributed by atoms with E-state index in [0.29, 0.717) is 10.8 Å². The number of hydrogen-bond acceptors (Lipinski definition) is 0. The van der Waals surface area contributed by atoms with Gasteiger partial charge in [-0.25, -0.2) is 0 Å². The molecule has 60 valence electrons. The predicted molar refractivity (Wildman–Crippen MR) is 46.4 cm³/mol. The van der Waals surface area contributed by atoms with Crippen molar-refractivity contribution in [3.05, 3.63) is 0 Å². The van der Waals surface area contributed by atoms with E-state index in [1.54, 1.807) is 0 Å². The number of halogens is 1. The molecule has 0 nitrogen and oxygen atoms in total. The van der Waals surface area contributed by atoms with Crippen LogP contribution in [0.2, 0.25) is 0 Å². The highest BCUT2D eigenvalue weighted by Gasteiger charge is 2.30. The maximum Gasteiger partial charge on any atom is 0.0343 e. The monoisotopic (exact) mass is 160 g/mol. The van der Waals surface area contributed by atoms with Crippen molar-refractivity contribution >= 4 is 11.6 Å². The fourth-order valence-electron chi connectivity index (χ4n) is 2.23. The Bertz CT molecular complexity index is 106. The Labute approximate surface area is 69.0 Å². The third-order valence-electron chi connectivity index (χ3n) is 2.33. The van der Waals surface area contributed by atoms with Gasteiger partial charge in [0.2, 0.25) is 0 Å². The number of rotatable bonds is 0. The van der Waals surface area contributed by atoms with Gasteiger partial charge < -0.3 is 0 Å². The summed E-state index contributed by atoms with van der Waals surface area (Å²) in [6, 6.07) is 0. The fraction of sp³-hybridized carbons (Fsp3) is 1.00. The van der Waals surface area contributed by atoms with Crippen molar-refractivity contribution in [1.82, 2.24) is 0 Å². The van der Waals surface area contributed by atoms with E-state index in [1.165, 1.54) is 19.3 Å². The van der Waals surface area contributed by atoms with Crippen LogP contribution in [0, 0.1) is 11.3 Å². The molecule has 10 heavy (non-hydrogen) atoms. The lowest BCUT2D eigenvalue weighted by atomic mass is 9.73. The van der Waals surface area contributed by atoms with Crippen LogP contribution in [-0.4, -0.2) is 5.38 Å². The Morgan fingerprint density at radius 3 is 2.30 bits per heavy atom. The van der Waals surface area contributed by atoms with Crippen LogP contribution in [0.25, 0.3) is 0 Å². The minimum Gasteiger partial charge on any atom is -0.123 e. The van der Waals surface area contributed by atoms with Crippen LogP contribution in [0.15, 0.2) is 0 Å². The first kappa shape index (κ1) is 8.39. The highest BCUT2D eigenvalue weighted by atomic mass is 35.5. The average molecular weight is 161 g/mol. The maximum absolute atomic E-state index is 6.10. The highest BCUT2D eigenvalue weighted by Crippen LogP contribution is 2.40. The van der Waals surface area contributed by atoms with Gasteiger partial charge in [0.25, 0.3) is 0 Å². The van der Waals surface area contributed by atoms with Gasteiger partial charge in [-0.15, -0.1) is 11.6 Å². The first-order valence-electron chi connectivity index (χ1n) is 4.14. The van der Waals surface area contributed by atoms with Gasteiger partial charge in [-0.1, -0.05) is 20.8 Å². The summed E-state index contributed by atoms with van der Waals surface area (Å²) in [5.41, 5.74) is 0.490. The van der Waals surface area contributed by atoms with Crippen LogP contribution in [-0.2, 0) is 0 Å². The molecule has 1 heteroatoms. The van der Waals surface area contributed by atoms with Crippen LogP contribution >= 0.6 is 11.6 Å². The lowest BCUT2D eigenvalue weighted by Gasteiger charge is -2.36. The molecular weight excluding hydrogens is 144 g/mol. The van der Waals surface area contributed by atoms with Crippen LogP contribution < -0.4 is 0 Å². The van der Waals surface area contributed by atoms with Gasteiger partial charge in [0.15, 0.2) is 0 Å². The Morgan fingerprint density at radius 2 is 1.90 bits per heavy atom. The van der Waals surface area contributed by atoms with Crippen molar-refractivity contribution in [2.45, 2.75) is 45.4 Å². The molecule has 1 aliphatic rings. The largest absolute Gasteiger partial charge is 0.123 e. The van der Waals surface area contributed by atoms with E-state index >= 15 is 0 Å². The molecule has 2 unspecified atom stereocenters. The van der Waals surface area contributed by atoms with E-state index in [-0.39, 0.29) is 0 Å². The summed E-state index contributed by atoms with van der Waals surface area (Å²) >= 11 is 6.10. The smallest absolute Gasteiger partial charge is 0.0343 e. The first-order valence-corrected chi connectivity index (χ1v) is 4.57. The van der Waals surface area contributed by atoms with Crippen molar-refractivity contribution in [2.75, 3.05) is 0 Å². The van der Waals surface area contributed by atoms with Crippen LogP contribution in [0.5, 0.6) is 0 Å². The fourth-order valence-corrected chi connectivity index (χ4v) is 2.95. The molecule has 0 amide bonds. The van der Waals surface area contributed by atoms with E-state index < -0.39 is 0 Å². The zero-order valence-corrected chi connectivity index (χ0v) is 7.91. The van der Waals surface area contributed by atoms with Gasteiger partial charge >= 0.3 is 0 Å². The molecule has 1 fully saturated rings. The van der Waals surface area contributed by atoms with Crippen molar-refractivity contribution in [3.8, 4) is 0 Å². The van der Waals surface area contributed by atoms with E-state index in [4.69, 9.17) is 11.6 Å². The minimum atomic E-state index is 0.429. The summed E-state index contributed by atoms with van der Waals surface area (Å²) in [6.07, 6.45) is 3.75. The van der Waals surface area contributed by atoms with E-state index in [2.05, 4.69) is 20.8 Å². The van der Waals surface area contributed by atoms with Crippen molar-refractivity contribution in [3.63, 3.8) is 0 Å². The SMILES string of the molecule is CC1CC(Cl)CC(C)(C)C1. The van der Waals surface area contributed by atoms with E-state index in [0.717, 1.165) is 5.92 Å². The molecule has 0 saturated heterocycles. The summed E-state index contributed by atoms with van der Waals surface area (Å²) in [5.74, 6) is 0.825. The molecule has 0 spiro atoms. The summed E-state index contributed by atoms with van der Waals surface area (Å²) in [5, 5.41) is 0.429. The highest BCUT2D eigenvalue weighted by molar-refractivity contribution is 6.20. The van der Waals surface area contributed by atoms with Gasteiger partial charge in [-0.2, -0.15) is 0 Å². The van der Waals surface area contributed by atoms with Gasteiger partial charge in [-0.05, 0) is 30.6 Å². The summed E-state index contributed by atoms with van der Waals surface area (Å²) in [6.45, 7) is 6.94. The molecule has 0 N–H and O–H groups in total. The Morgan fingerprint density at radius 1 is 1.30 bits per heavy atom. The third-order valence-corrected chi connectivity index (χ3v) is 2.67. The maximum atomic E-state index is 6.10. The second-order valence-electron chi connectivity index (χ2n) is 4.51. The quantitative estimate of drug-likeness (QED) is 0.477. The second kappa shape index (κ2) is 2.73. The standard InChI is InChI=1S/C9H17Cl/c1-7-4-8(10)6-9(2,3)5-7/h7-8H,4-6H2,1-3H3. The van der Waals surface area contributed by atoms with E-state index in [1.807, 2.05) is 0 Å². The molecule has 2 atom stereocenters. The second-order valence-corrected chi connectivity index (χ2v) is 5.13. The lowest BCUT2D eigenvalue weighted by Crippen LogP contribution is -2.27. The summed E-state index contributed by atoms with van der Waals surface area (Å²) < 4.78 is 0. The number of alkyl halides is 1. The topological polar surface area (TPSA) is 0 Å². The first-order chi connectivity index (χ1) is 4.49. The molecular formula is C9H17Cl. The van der Waals surface area contributed by atoms with Crippen LogP contribution in [0.3, 0.4) is 0 Å². The molecule has 0 aromatic heterocycles. The molecule has 0 bridgehead atoms. The van der Waals surface area contributed by atoms with Gasteiger partial charge in [-0.3, -0.25) is 0 Å². The van der Waals surface area contributed by atoms with Crippen LogP contribution in [0.1, 0.15) is 40.0 Å². The van der Waals surface area contributed by atoms with Crippen molar-refractivity contribution in [1.29, 1.82) is 0 Å². The average Bonchev–Trinajstić information content (AvgIpc) is 1.54. The third kappa shape index (κ3) is 2.16. The Hall–Kier alpha value is 0.290. The summed E-state index contributed by atoms with van der Waals surface area (Å²) in [4.78, 5) is 0. The predicted octanol–water partition coefficient (Wildman–Crippen LogP) is 3.44. The Balaban J connectivity index is 2.51. The minimum absolute atomic E-state index is 0.429. The summed E-state index contributed by atoms with van der Waals surface area (Å²) in [7, 11) is 0. The molecule has 0 heterocycles. The molecule has 0 aliphatic heterocycles. The molecule has 0 aromatic carbocycles. The Kier molecular flexibility index (Phi) is 2.29.